The van der Waals surface area contributed by atoms with E-state index >= 15 is 0 Å². The molecule has 1 amide bonds. The van der Waals surface area contributed by atoms with Crippen LogP contribution in [0.5, 0.6) is 11.5 Å². The molecular formula is C31H37IN2O5S. The number of nitrogens with zero attached hydrogens (tertiary/aromatic N) is 2. The molecule has 9 heteroatoms. The number of esters is 1. The number of rotatable bonds is 10. The zero-order valence-electron chi connectivity index (χ0n) is 23.6. The van der Waals surface area contributed by atoms with Crippen LogP contribution in [0.3, 0.4) is 0 Å². The SMILES string of the molecule is COc1ccc(C2Sc3ccccc3N(CC[N+](C)(C)CCc3ccccc3OC)C(=O)C2OC(C)=O)cc1.[I-]. The third-order valence-corrected chi connectivity index (χ3v) is 8.41. The summed E-state index contributed by atoms with van der Waals surface area (Å²) < 4.78 is 17.3. The Bertz CT molecular complexity index is 1300. The molecule has 0 bridgehead atoms. The number of likely N-dealkylation sites (N-methyl/N-ethyl adjacent to an activating group) is 1. The average Bonchev–Trinajstić information content (AvgIpc) is 3.05. The molecule has 2 unspecified atom stereocenters. The van der Waals surface area contributed by atoms with Crippen LogP contribution in [0, 0.1) is 0 Å². The molecule has 214 valence electrons. The van der Waals surface area contributed by atoms with E-state index in [1.54, 1.807) is 30.9 Å². The molecule has 0 aliphatic carbocycles. The predicted octanol–water partition coefficient (Wildman–Crippen LogP) is 2.14. The lowest BCUT2D eigenvalue weighted by Crippen LogP contribution is -3.00. The number of thioether (sulfide) groups is 1. The Balaban J connectivity index is 0.00000441. The molecular weight excluding hydrogens is 639 g/mol. The summed E-state index contributed by atoms with van der Waals surface area (Å²) in [6.45, 7) is 3.44. The summed E-state index contributed by atoms with van der Waals surface area (Å²) in [5, 5.41) is -0.397. The van der Waals surface area contributed by atoms with Gasteiger partial charge >= 0.3 is 5.97 Å². The number of para-hydroxylation sites is 2. The second kappa shape index (κ2) is 14.2. The maximum atomic E-state index is 14.1. The molecule has 3 aromatic rings. The molecule has 4 rings (SSSR count). The quantitative estimate of drug-likeness (QED) is 0.187. The Kier molecular flexibility index (Phi) is 11.3. The van der Waals surface area contributed by atoms with Crippen molar-refractivity contribution in [2.24, 2.45) is 0 Å². The van der Waals surface area contributed by atoms with Crippen LogP contribution in [0.4, 0.5) is 5.69 Å². The van der Waals surface area contributed by atoms with E-state index in [0.29, 0.717) is 11.0 Å². The van der Waals surface area contributed by atoms with Gasteiger partial charge in [0.2, 0.25) is 0 Å². The van der Waals surface area contributed by atoms with Crippen molar-refractivity contribution < 1.29 is 52.3 Å². The number of hydrogen-bond donors (Lipinski definition) is 0. The van der Waals surface area contributed by atoms with Gasteiger partial charge in [-0.2, -0.15) is 0 Å². The molecule has 0 aromatic heterocycles. The highest BCUT2D eigenvalue weighted by molar-refractivity contribution is 7.99. The first kappa shape index (κ1) is 31.8. The van der Waals surface area contributed by atoms with Crippen molar-refractivity contribution in [3.63, 3.8) is 0 Å². The second-order valence-electron chi connectivity index (χ2n) is 10.2. The van der Waals surface area contributed by atoms with Crippen LogP contribution in [0.15, 0.2) is 77.7 Å². The minimum Gasteiger partial charge on any atom is -1.00 e. The van der Waals surface area contributed by atoms with E-state index in [0.717, 1.165) is 52.7 Å². The summed E-state index contributed by atoms with van der Waals surface area (Å²) in [6.07, 6.45) is -0.106. The Morgan fingerprint density at radius 3 is 2.27 bits per heavy atom. The summed E-state index contributed by atoms with van der Waals surface area (Å²) in [5.74, 6) is 0.919. The molecule has 1 heterocycles. The number of ether oxygens (including phenoxy) is 3. The van der Waals surface area contributed by atoms with Gasteiger partial charge in [-0.25, -0.2) is 0 Å². The standard InChI is InChI=1S/C31H37N2O5S.HI/c1-22(34)38-29-30(24-14-16-25(36-4)17-15-24)39-28-13-9-7-11-26(28)32(31(29)35)19-21-33(2,3)20-18-23-10-6-8-12-27(23)37-5;/h6-17,29-30H,18-21H2,1-5H3;1H/q+1;/p-1. The number of anilines is 1. The first-order valence-corrected chi connectivity index (χ1v) is 13.9. The van der Waals surface area contributed by atoms with E-state index in [-0.39, 0.29) is 29.9 Å². The Labute approximate surface area is 258 Å². The first-order valence-electron chi connectivity index (χ1n) is 13.0. The van der Waals surface area contributed by atoms with Gasteiger partial charge in [0.1, 0.15) is 11.5 Å². The molecule has 0 fully saturated rings. The molecule has 0 spiro atoms. The van der Waals surface area contributed by atoms with Gasteiger partial charge in [-0.1, -0.05) is 42.5 Å². The van der Waals surface area contributed by atoms with E-state index in [1.807, 2.05) is 66.7 Å². The van der Waals surface area contributed by atoms with E-state index in [4.69, 9.17) is 14.2 Å². The minimum absolute atomic E-state index is 0. The van der Waals surface area contributed by atoms with Crippen molar-refractivity contribution in [1.82, 2.24) is 0 Å². The number of benzene rings is 3. The summed E-state index contributed by atoms with van der Waals surface area (Å²) in [6, 6.07) is 23.6. The smallest absolute Gasteiger partial charge is 0.303 e. The van der Waals surface area contributed by atoms with E-state index in [9.17, 15) is 9.59 Å². The maximum absolute atomic E-state index is 14.1. The highest BCUT2D eigenvalue weighted by atomic mass is 127. The number of methoxy groups -OCH3 is 2. The fourth-order valence-electron chi connectivity index (χ4n) is 4.75. The molecule has 0 N–H and O–H groups in total. The Morgan fingerprint density at radius 2 is 1.60 bits per heavy atom. The van der Waals surface area contributed by atoms with Gasteiger partial charge in [0.25, 0.3) is 5.91 Å². The lowest BCUT2D eigenvalue weighted by molar-refractivity contribution is -0.888. The number of quaternary nitrogens is 1. The van der Waals surface area contributed by atoms with Crippen LogP contribution in [0.25, 0.3) is 0 Å². The number of halogens is 1. The van der Waals surface area contributed by atoms with Gasteiger partial charge in [-0.3, -0.25) is 9.59 Å². The number of carbonyl (C=O) groups is 2. The second-order valence-corrected chi connectivity index (χ2v) is 11.4. The molecule has 2 atom stereocenters. The third-order valence-electron chi connectivity index (χ3n) is 7.04. The van der Waals surface area contributed by atoms with Crippen molar-refractivity contribution >= 4 is 29.3 Å². The summed E-state index contributed by atoms with van der Waals surface area (Å²) in [7, 11) is 7.65. The van der Waals surface area contributed by atoms with Gasteiger partial charge in [0.15, 0.2) is 6.10 Å². The molecule has 7 nitrogen and oxygen atoms in total. The fourth-order valence-corrected chi connectivity index (χ4v) is 6.07. The number of hydrogen-bond acceptors (Lipinski definition) is 6. The van der Waals surface area contributed by atoms with E-state index < -0.39 is 17.3 Å². The maximum Gasteiger partial charge on any atom is 0.303 e. The molecule has 40 heavy (non-hydrogen) atoms. The molecule has 1 aliphatic heterocycles. The fraction of sp³-hybridized carbons (Fsp3) is 0.355. The van der Waals surface area contributed by atoms with Gasteiger partial charge in [-0.05, 0) is 41.5 Å². The number of amides is 1. The Morgan fingerprint density at radius 1 is 0.925 bits per heavy atom. The lowest BCUT2D eigenvalue weighted by atomic mass is 10.1. The zero-order chi connectivity index (χ0) is 28.0. The molecule has 3 aromatic carbocycles. The van der Waals surface area contributed by atoms with Crippen molar-refractivity contribution in [1.29, 1.82) is 0 Å². The molecule has 1 aliphatic rings. The Hall–Kier alpha value is -2.76. The number of carbonyl (C=O) groups excluding carboxylic acids is 2. The van der Waals surface area contributed by atoms with Gasteiger partial charge < -0.3 is 47.6 Å². The summed E-state index contributed by atoms with van der Waals surface area (Å²) in [5.41, 5.74) is 2.89. The number of fused-ring (bicyclic) bond motifs is 1. The van der Waals surface area contributed by atoms with E-state index in [1.165, 1.54) is 6.92 Å². The molecule has 0 saturated carbocycles. The minimum atomic E-state index is -0.961. The van der Waals surface area contributed by atoms with Crippen LogP contribution < -0.4 is 38.4 Å². The van der Waals surface area contributed by atoms with Crippen LogP contribution in [-0.2, 0) is 20.7 Å². The van der Waals surface area contributed by atoms with Crippen molar-refractivity contribution in [3.8, 4) is 11.5 Å². The highest BCUT2D eigenvalue weighted by Crippen LogP contribution is 2.46. The zero-order valence-corrected chi connectivity index (χ0v) is 26.6. The first-order chi connectivity index (χ1) is 18.7. The van der Waals surface area contributed by atoms with Gasteiger partial charge in [0, 0.05) is 18.2 Å². The lowest BCUT2D eigenvalue weighted by Gasteiger charge is -2.34. The summed E-state index contributed by atoms with van der Waals surface area (Å²) >= 11 is 1.55. The third kappa shape index (κ3) is 7.70. The molecule has 0 radical (unpaired) electrons. The normalized spacial score (nSPS) is 16.8. The predicted molar refractivity (Wildman–Crippen MR) is 154 cm³/mol. The van der Waals surface area contributed by atoms with Crippen molar-refractivity contribution in [3.05, 3.63) is 83.9 Å². The van der Waals surface area contributed by atoms with Crippen molar-refractivity contribution in [2.45, 2.75) is 29.6 Å². The monoisotopic (exact) mass is 676 g/mol. The largest absolute Gasteiger partial charge is 1.00 e. The van der Waals surface area contributed by atoms with Crippen LogP contribution in [0.1, 0.15) is 23.3 Å². The average molecular weight is 677 g/mol. The topological polar surface area (TPSA) is 65.1 Å². The van der Waals surface area contributed by atoms with Crippen LogP contribution >= 0.6 is 11.8 Å². The van der Waals surface area contributed by atoms with Gasteiger partial charge in [-0.15, -0.1) is 11.8 Å². The van der Waals surface area contributed by atoms with E-state index in [2.05, 4.69) is 20.2 Å². The summed E-state index contributed by atoms with van der Waals surface area (Å²) in [4.78, 5) is 29.1. The highest BCUT2D eigenvalue weighted by Gasteiger charge is 2.41. The van der Waals surface area contributed by atoms with Crippen LogP contribution in [0.2, 0.25) is 0 Å². The van der Waals surface area contributed by atoms with Gasteiger partial charge in [0.05, 0.1) is 58.9 Å². The molecule has 0 saturated heterocycles. The van der Waals surface area contributed by atoms with Crippen LogP contribution in [-0.4, -0.2) is 70.4 Å². The van der Waals surface area contributed by atoms with Crippen molar-refractivity contribution in [2.75, 3.05) is 52.8 Å².